The number of halogens is 5. The Balaban J connectivity index is 1.39. The van der Waals surface area contributed by atoms with Crippen molar-refractivity contribution >= 4 is 38.4 Å². The largest absolute Gasteiger partial charge is 0.493 e. The van der Waals surface area contributed by atoms with Crippen LogP contribution in [0.3, 0.4) is 0 Å². The quantitative estimate of drug-likeness (QED) is 0.417. The molecular weight excluding hydrogens is 553 g/mol. The van der Waals surface area contributed by atoms with Gasteiger partial charge in [0, 0.05) is 19.0 Å². The molecule has 3 atom stereocenters. The molecule has 5 rings (SSSR count). The maximum atomic E-state index is 15.1. The van der Waals surface area contributed by atoms with Crippen molar-refractivity contribution in [3.8, 4) is 17.6 Å². The van der Waals surface area contributed by atoms with E-state index in [2.05, 4.69) is 36.1 Å². The zero-order valence-electron chi connectivity index (χ0n) is 19.2. The molecule has 7 nitrogen and oxygen atoms in total. The van der Waals surface area contributed by atoms with Gasteiger partial charge in [-0.05, 0) is 61.6 Å². The smallest absolute Gasteiger partial charge is 0.320 e. The fourth-order valence-electron chi connectivity index (χ4n) is 5.46. The van der Waals surface area contributed by atoms with Gasteiger partial charge in [0.1, 0.15) is 34.4 Å². The van der Waals surface area contributed by atoms with Crippen molar-refractivity contribution in [1.29, 1.82) is 0 Å². The van der Waals surface area contributed by atoms with Crippen molar-refractivity contribution in [1.82, 2.24) is 20.2 Å². The average molecular weight is 580 g/mol. The van der Waals surface area contributed by atoms with E-state index in [9.17, 15) is 13.9 Å². The summed E-state index contributed by atoms with van der Waals surface area (Å²) < 4.78 is 55.1. The van der Waals surface area contributed by atoms with Crippen LogP contribution >= 0.6 is 27.5 Å². The molecule has 0 amide bonds. The Bertz CT molecular complexity index is 1140. The molecule has 2 aliphatic heterocycles. The highest BCUT2D eigenvalue weighted by Crippen LogP contribution is 2.46. The van der Waals surface area contributed by atoms with Crippen molar-refractivity contribution in [2.75, 3.05) is 33.4 Å². The van der Waals surface area contributed by atoms with Crippen LogP contribution in [0.25, 0.3) is 10.9 Å². The van der Waals surface area contributed by atoms with E-state index < -0.39 is 35.1 Å². The maximum Gasteiger partial charge on any atom is 0.320 e. The summed E-state index contributed by atoms with van der Waals surface area (Å²) in [6.45, 7) is 1.37. The number of alkyl halides is 2. The third-order valence-electron chi connectivity index (χ3n) is 7.47. The van der Waals surface area contributed by atoms with Crippen LogP contribution in [-0.2, 0) is 0 Å². The summed E-state index contributed by atoms with van der Waals surface area (Å²) in [6, 6.07) is -0.615. The van der Waals surface area contributed by atoms with Crippen LogP contribution in [0.5, 0.6) is 17.6 Å². The number of nitrogens with zero attached hydrogens (tertiary/aromatic N) is 3. The Hall–Kier alpha value is -1.56. The highest BCUT2D eigenvalue weighted by molar-refractivity contribution is 9.10. The summed E-state index contributed by atoms with van der Waals surface area (Å²) in [5.41, 5.74) is -1.93. The lowest BCUT2D eigenvalue weighted by atomic mass is 9.95. The lowest BCUT2D eigenvalue weighted by Gasteiger charge is -2.30. The van der Waals surface area contributed by atoms with Gasteiger partial charge in [0.15, 0.2) is 11.6 Å². The minimum absolute atomic E-state index is 0.00539. The van der Waals surface area contributed by atoms with Gasteiger partial charge in [0.05, 0.1) is 16.6 Å². The molecule has 3 heterocycles. The number of hydrogen-bond acceptors (Lipinski definition) is 7. The Kier molecular flexibility index (Phi) is 6.73. The first-order chi connectivity index (χ1) is 16.7. The molecule has 192 valence electrons. The van der Waals surface area contributed by atoms with Crippen LogP contribution in [0.1, 0.15) is 38.5 Å². The van der Waals surface area contributed by atoms with E-state index in [0.29, 0.717) is 32.2 Å². The van der Waals surface area contributed by atoms with Gasteiger partial charge in [0.2, 0.25) is 5.88 Å². The molecule has 0 radical (unpaired) electrons. The number of rotatable bonds is 9. The highest BCUT2D eigenvalue weighted by atomic mass is 79.9. The van der Waals surface area contributed by atoms with E-state index in [0.717, 1.165) is 19.4 Å². The SMILES string of the molecule is CN[C@@H](CCOc1c(Cl)c(Br)c(F)c2nc(OC[C@@]34CCCN3C[C@H](F)C4)nc(O)c12)C1(F)CC1. The zero-order chi connectivity index (χ0) is 25.0. The molecule has 0 unspecified atom stereocenters. The van der Waals surface area contributed by atoms with Gasteiger partial charge >= 0.3 is 6.01 Å². The number of benzene rings is 1. The summed E-state index contributed by atoms with van der Waals surface area (Å²) in [6.07, 6.45) is 2.49. The average Bonchev–Trinajstić information content (AvgIpc) is 3.33. The first-order valence-corrected chi connectivity index (χ1v) is 12.9. The van der Waals surface area contributed by atoms with E-state index in [1.807, 2.05) is 0 Å². The summed E-state index contributed by atoms with van der Waals surface area (Å²) in [5, 5.41) is 13.5. The highest BCUT2D eigenvalue weighted by Gasteiger charge is 2.50. The Labute approximate surface area is 214 Å². The summed E-state index contributed by atoms with van der Waals surface area (Å²) in [4.78, 5) is 10.2. The van der Waals surface area contributed by atoms with Crippen molar-refractivity contribution in [3.05, 3.63) is 15.3 Å². The monoisotopic (exact) mass is 578 g/mol. The van der Waals surface area contributed by atoms with Crippen LogP contribution < -0.4 is 14.8 Å². The molecule has 35 heavy (non-hydrogen) atoms. The number of aromatic hydroxyl groups is 1. The van der Waals surface area contributed by atoms with Crippen LogP contribution in [0.4, 0.5) is 13.2 Å². The number of fused-ring (bicyclic) bond motifs is 2. The lowest BCUT2D eigenvalue weighted by molar-refractivity contribution is 0.107. The van der Waals surface area contributed by atoms with E-state index in [1.54, 1.807) is 7.05 Å². The van der Waals surface area contributed by atoms with E-state index in [-0.39, 0.29) is 45.4 Å². The van der Waals surface area contributed by atoms with Gasteiger partial charge in [-0.2, -0.15) is 9.97 Å². The normalized spacial score (nSPS) is 26.2. The predicted octanol–water partition coefficient (Wildman–Crippen LogP) is 4.70. The minimum Gasteiger partial charge on any atom is -0.493 e. The maximum absolute atomic E-state index is 15.1. The summed E-state index contributed by atoms with van der Waals surface area (Å²) in [5.74, 6) is -1.37. The molecule has 12 heteroatoms. The number of hydrogen-bond donors (Lipinski definition) is 2. The predicted molar refractivity (Wildman–Crippen MR) is 128 cm³/mol. The van der Waals surface area contributed by atoms with Crippen molar-refractivity contribution < 1.29 is 27.8 Å². The van der Waals surface area contributed by atoms with Gasteiger partial charge < -0.3 is 19.9 Å². The van der Waals surface area contributed by atoms with E-state index >= 15 is 4.39 Å². The first kappa shape index (κ1) is 25.1. The van der Waals surface area contributed by atoms with Gasteiger partial charge in [-0.25, -0.2) is 13.2 Å². The Morgan fingerprint density at radius 3 is 2.80 bits per heavy atom. The van der Waals surface area contributed by atoms with Crippen molar-refractivity contribution in [2.24, 2.45) is 0 Å². The second-order valence-electron chi connectivity index (χ2n) is 9.70. The fraction of sp³-hybridized carbons (Fsp3) is 0.652. The third-order valence-corrected chi connectivity index (χ3v) is 8.81. The summed E-state index contributed by atoms with van der Waals surface area (Å²) >= 11 is 9.44. The molecule has 1 aliphatic carbocycles. The van der Waals surface area contributed by atoms with E-state index in [1.165, 1.54) is 0 Å². The van der Waals surface area contributed by atoms with Gasteiger partial charge in [-0.1, -0.05) is 11.6 Å². The molecule has 3 fully saturated rings. The van der Waals surface area contributed by atoms with Gasteiger partial charge in [-0.15, -0.1) is 0 Å². The minimum atomic E-state index is -1.25. The molecular formula is C23H27BrClF3N4O3. The van der Waals surface area contributed by atoms with Crippen LogP contribution in [0, 0.1) is 5.82 Å². The second-order valence-corrected chi connectivity index (χ2v) is 10.9. The molecule has 0 spiro atoms. The second kappa shape index (κ2) is 9.39. The number of ether oxygens (including phenoxy) is 2. The molecule has 3 aliphatic rings. The zero-order valence-corrected chi connectivity index (χ0v) is 21.6. The number of nitrogens with one attached hydrogen (secondary N) is 1. The molecule has 2 saturated heterocycles. The number of aromatic nitrogens is 2. The van der Waals surface area contributed by atoms with E-state index in [4.69, 9.17) is 21.1 Å². The fourth-order valence-corrected chi connectivity index (χ4v) is 6.06. The molecule has 0 bridgehead atoms. The summed E-state index contributed by atoms with van der Waals surface area (Å²) in [7, 11) is 1.69. The van der Waals surface area contributed by atoms with Crippen LogP contribution in [0.2, 0.25) is 5.02 Å². The molecule has 1 aromatic heterocycles. The lowest BCUT2D eigenvalue weighted by Crippen LogP contribution is -2.43. The van der Waals surface area contributed by atoms with Crippen molar-refractivity contribution in [2.45, 2.75) is 61.9 Å². The Morgan fingerprint density at radius 1 is 1.31 bits per heavy atom. The van der Waals surface area contributed by atoms with Crippen LogP contribution in [-0.4, -0.2) is 76.7 Å². The third kappa shape index (κ3) is 4.53. The van der Waals surface area contributed by atoms with Gasteiger partial charge in [-0.3, -0.25) is 4.90 Å². The van der Waals surface area contributed by atoms with Crippen LogP contribution in [0.15, 0.2) is 4.47 Å². The first-order valence-electron chi connectivity index (χ1n) is 11.8. The standard InChI is InChI=1S/C23H27BrClF3N4O3/c1-29-13(23(28)5-6-23)3-8-34-19-14-18(17(27)15(24)16(19)25)30-21(31-20(14)33)35-11-22-4-2-7-32(22)10-12(26)9-22/h12-13,29H,2-11H2,1H3,(H,30,31,33)/t12-,13+,22+/m1/s1. The molecule has 1 saturated carbocycles. The molecule has 2 N–H and O–H groups in total. The van der Waals surface area contributed by atoms with Gasteiger partial charge in [0.25, 0.3) is 0 Å². The van der Waals surface area contributed by atoms with Crippen molar-refractivity contribution in [3.63, 3.8) is 0 Å². The Morgan fingerprint density at radius 2 is 2.09 bits per heavy atom. The topological polar surface area (TPSA) is 79.7 Å². The molecule has 2 aromatic rings. The molecule has 1 aromatic carbocycles.